The second-order valence-corrected chi connectivity index (χ2v) is 10.1. The first-order valence-corrected chi connectivity index (χ1v) is 12.6. The Kier molecular flexibility index (Phi) is 8.02. The van der Waals surface area contributed by atoms with Crippen LogP contribution in [0.4, 0.5) is 10.1 Å². The van der Waals surface area contributed by atoms with Gasteiger partial charge in [0.25, 0.3) is 10.0 Å². The quantitative estimate of drug-likeness (QED) is 0.574. The topological polar surface area (TPSA) is 83.6 Å². The average Bonchev–Trinajstić information content (AvgIpc) is 3.28. The Morgan fingerprint density at radius 2 is 1.64 bits per heavy atom. The van der Waals surface area contributed by atoms with E-state index in [1.165, 1.54) is 35.2 Å². The van der Waals surface area contributed by atoms with Crippen molar-refractivity contribution in [2.45, 2.75) is 45.6 Å². The molecule has 2 aromatic rings. The SMILES string of the molecule is CC(C)N(C(=O)C(C(=O)NS(=O)(=O)C=Cc1ccccc1)C1CCCC1)c1ccc(F)cc1. The van der Waals surface area contributed by atoms with Gasteiger partial charge in [0, 0.05) is 11.7 Å². The van der Waals surface area contributed by atoms with Crippen LogP contribution in [0.15, 0.2) is 60.0 Å². The van der Waals surface area contributed by atoms with Gasteiger partial charge in [-0.25, -0.2) is 17.5 Å². The molecule has 0 radical (unpaired) electrons. The third kappa shape index (κ3) is 6.51. The van der Waals surface area contributed by atoms with E-state index < -0.39 is 33.6 Å². The van der Waals surface area contributed by atoms with Crippen LogP contribution >= 0.6 is 0 Å². The Morgan fingerprint density at radius 1 is 1.03 bits per heavy atom. The molecule has 2 amide bonds. The van der Waals surface area contributed by atoms with Crippen LogP contribution in [0.3, 0.4) is 0 Å². The van der Waals surface area contributed by atoms with E-state index in [9.17, 15) is 22.4 Å². The molecular formula is C25H29FN2O4S. The minimum atomic E-state index is -4.10. The zero-order valence-corrected chi connectivity index (χ0v) is 19.6. The first kappa shape index (κ1) is 24.6. The van der Waals surface area contributed by atoms with E-state index in [1.807, 2.05) is 6.07 Å². The predicted octanol–water partition coefficient (Wildman–Crippen LogP) is 4.49. The number of amides is 2. The fourth-order valence-electron chi connectivity index (χ4n) is 4.22. The van der Waals surface area contributed by atoms with Crippen molar-refractivity contribution < 1.29 is 22.4 Å². The third-order valence-corrected chi connectivity index (χ3v) is 6.74. The van der Waals surface area contributed by atoms with Gasteiger partial charge >= 0.3 is 0 Å². The summed E-state index contributed by atoms with van der Waals surface area (Å²) in [5, 5.41) is 0.927. The largest absolute Gasteiger partial charge is 0.309 e. The summed E-state index contributed by atoms with van der Waals surface area (Å²) >= 11 is 0. The van der Waals surface area contributed by atoms with Crippen LogP contribution in [0.2, 0.25) is 0 Å². The number of rotatable bonds is 8. The average molecular weight is 473 g/mol. The van der Waals surface area contributed by atoms with Crippen LogP contribution in [0.25, 0.3) is 6.08 Å². The summed E-state index contributed by atoms with van der Waals surface area (Å²) < 4.78 is 40.7. The van der Waals surface area contributed by atoms with E-state index in [0.717, 1.165) is 18.2 Å². The lowest BCUT2D eigenvalue weighted by atomic mass is 9.88. The van der Waals surface area contributed by atoms with E-state index in [0.29, 0.717) is 24.1 Å². The molecule has 1 N–H and O–H groups in total. The lowest BCUT2D eigenvalue weighted by Gasteiger charge is -2.32. The van der Waals surface area contributed by atoms with Gasteiger partial charge in [0.05, 0.1) is 5.41 Å². The highest BCUT2D eigenvalue weighted by atomic mass is 32.2. The van der Waals surface area contributed by atoms with Crippen LogP contribution in [-0.4, -0.2) is 26.3 Å². The Bertz CT molecular complexity index is 1090. The van der Waals surface area contributed by atoms with Gasteiger partial charge in [-0.1, -0.05) is 43.2 Å². The van der Waals surface area contributed by atoms with Gasteiger partial charge in [0.1, 0.15) is 11.7 Å². The van der Waals surface area contributed by atoms with Crippen molar-refractivity contribution in [1.82, 2.24) is 4.72 Å². The first-order chi connectivity index (χ1) is 15.7. The van der Waals surface area contributed by atoms with Gasteiger partial charge in [0.15, 0.2) is 0 Å². The van der Waals surface area contributed by atoms with Crippen LogP contribution in [0.5, 0.6) is 0 Å². The summed E-state index contributed by atoms with van der Waals surface area (Å²) in [4.78, 5) is 28.2. The Hall–Kier alpha value is -3.00. The smallest absolute Gasteiger partial charge is 0.257 e. The van der Waals surface area contributed by atoms with Crippen molar-refractivity contribution in [3.05, 3.63) is 71.4 Å². The number of nitrogens with zero attached hydrogens (tertiary/aromatic N) is 1. The van der Waals surface area contributed by atoms with Gasteiger partial charge < -0.3 is 4.90 Å². The van der Waals surface area contributed by atoms with Gasteiger partial charge in [-0.3, -0.25) is 9.59 Å². The Balaban J connectivity index is 1.86. The summed E-state index contributed by atoms with van der Waals surface area (Å²) in [5.74, 6) is -3.16. The summed E-state index contributed by atoms with van der Waals surface area (Å²) in [6.45, 7) is 3.59. The van der Waals surface area contributed by atoms with Crippen molar-refractivity contribution in [3.63, 3.8) is 0 Å². The van der Waals surface area contributed by atoms with Crippen molar-refractivity contribution in [2.75, 3.05) is 4.90 Å². The molecule has 1 unspecified atom stereocenters. The lowest BCUT2D eigenvalue weighted by molar-refractivity contribution is -0.135. The van der Waals surface area contributed by atoms with Gasteiger partial charge in [-0.2, -0.15) is 0 Å². The molecule has 0 aliphatic heterocycles. The molecule has 0 aromatic heterocycles. The highest BCUT2D eigenvalue weighted by Gasteiger charge is 2.41. The minimum Gasteiger partial charge on any atom is -0.309 e. The second-order valence-electron chi connectivity index (χ2n) is 8.53. The molecule has 0 heterocycles. The van der Waals surface area contributed by atoms with Crippen LogP contribution < -0.4 is 9.62 Å². The molecule has 33 heavy (non-hydrogen) atoms. The molecule has 2 aromatic carbocycles. The number of benzene rings is 2. The minimum absolute atomic E-state index is 0.257. The van der Waals surface area contributed by atoms with Crippen LogP contribution in [0, 0.1) is 17.7 Å². The first-order valence-electron chi connectivity index (χ1n) is 11.1. The van der Waals surface area contributed by atoms with Crippen LogP contribution in [0.1, 0.15) is 45.1 Å². The number of hydrogen-bond donors (Lipinski definition) is 1. The molecule has 1 fully saturated rings. The summed E-state index contributed by atoms with van der Waals surface area (Å²) in [7, 11) is -4.10. The molecule has 0 spiro atoms. The van der Waals surface area contributed by atoms with Crippen molar-refractivity contribution in [1.29, 1.82) is 0 Å². The van der Waals surface area contributed by atoms with Crippen LogP contribution in [-0.2, 0) is 19.6 Å². The number of carbonyl (C=O) groups is 2. The molecule has 0 saturated heterocycles. The zero-order valence-electron chi connectivity index (χ0n) is 18.8. The maximum atomic E-state index is 13.6. The van der Waals surface area contributed by atoms with E-state index in [-0.39, 0.29) is 12.0 Å². The van der Waals surface area contributed by atoms with E-state index in [1.54, 1.807) is 38.1 Å². The number of halogens is 1. The maximum absolute atomic E-state index is 13.6. The van der Waals surface area contributed by atoms with Crippen molar-refractivity contribution >= 4 is 33.6 Å². The molecule has 0 bridgehead atoms. The Morgan fingerprint density at radius 3 is 2.21 bits per heavy atom. The maximum Gasteiger partial charge on any atom is 0.257 e. The molecule has 1 aliphatic rings. The van der Waals surface area contributed by atoms with E-state index in [4.69, 9.17) is 0 Å². The normalized spacial score (nSPS) is 15.6. The summed E-state index contributed by atoms with van der Waals surface area (Å²) in [6, 6.07) is 14.0. The lowest BCUT2D eigenvalue weighted by Crippen LogP contribution is -2.49. The highest BCUT2D eigenvalue weighted by Crippen LogP contribution is 2.34. The molecule has 1 atom stereocenters. The zero-order chi connectivity index (χ0) is 24.0. The number of anilines is 1. The number of hydrogen-bond acceptors (Lipinski definition) is 4. The molecule has 1 saturated carbocycles. The van der Waals surface area contributed by atoms with Gasteiger partial charge in [-0.05, 0) is 68.5 Å². The predicted molar refractivity (Wildman–Crippen MR) is 127 cm³/mol. The summed E-state index contributed by atoms with van der Waals surface area (Å²) in [6.07, 6.45) is 4.47. The number of nitrogens with one attached hydrogen (secondary N) is 1. The number of sulfonamides is 1. The van der Waals surface area contributed by atoms with Crippen molar-refractivity contribution in [2.24, 2.45) is 11.8 Å². The molecule has 6 nitrogen and oxygen atoms in total. The monoisotopic (exact) mass is 472 g/mol. The Labute approximate surface area is 194 Å². The fraction of sp³-hybridized carbons (Fsp3) is 0.360. The summed E-state index contributed by atoms with van der Waals surface area (Å²) in [5.41, 5.74) is 1.13. The van der Waals surface area contributed by atoms with Gasteiger partial charge in [-0.15, -0.1) is 0 Å². The van der Waals surface area contributed by atoms with E-state index in [2.05, 4.69) is 4.72 Å². The van der Waals surface area contributed by atoms with E-state index >= 15 is 0 Å². The highest BCUT2D eigenvalue weighted by molar-refractivity contribution is 7.93. The molecule has 176 valence electrons. The standard InChI is InChI=1S/C25H29FN2O4S/c1-18(2)28(22-14-12-21(26)13-15-22)25(30)23(20-10-6-7-11-20)24(29)27-33(31,32)17-16-19-8-4-3-5-9-19/h3-5,8-9,12-18,20,23H,6-7,10-11H2,1-2H3,(H,27,29). The molecule has 3 rings (SSSR count). The third-order valence-electron chi connectivity index (χ3n) is 5.76. The molecule has 8 heteroatoms. The number of carbonyl (C=O) groups excluding carboxylic acids is 2. The fourth-order valence-corrected chi connectivity index (χ4v) is 5.03. The van der Waals surface area contributed by atoms with Gasteiger partial charge in [0.2, 0.25) is 11.8 Å². The van der Waals surface area contributed by atoms with Crippen molar-refractivity contribution in [3.8, 4) is 0 Å². The molecular weight excluding hydrogens is 443 g/mol. The second kappa shape index (κ2) is 10.7. The molecule has 1 aliphatic carbocycles.